The van der Waals surface area contributed by atoms with Crippen LogP contribution in [0.15, 0.2) is 18.2 Å². The van der Waals surface area contributed by atoms with E-state index in [4.69, 9.17) is 16.7 Å². The van der Waals surface area contributed by atoms with Gasteiger partial charge in [-0.1, -0.05) is 11.6 Å². The lowest BCUT2D eigenvalue weighted by atomic mass is 9.91. The van der Waals surface area contributed by atoms with Gasteiger partial charge in [-0.2, -0.15) is 0 Å². The van der Waals surface area contributed by atoms with Gasteiger partial charge < -0.3 is 10.0 Å². The second-order valence-corrected chi connectivity index (χ2v) is 4.57. The van der Waals surface area contributed by atoms with Crippen LogP contribution in [0.1, 0.15) is 29.6 Å². The van der Waals surface area contributed by atoms with Gasteiger partial charge in [0, 0.05) is 18.8 Å². The number of hydrogen-bond acceptors (Lipinski definition) is 2. The van der Waals surface area contributed by atoms with Crippen molar-refractivity contribution < 1.29 is 9.90 Å². The van der Waals surface area contributed by atoms with Crippen molar-refractivity contribution in [3.05, 3.63) is 28.8 Å². The molecule has 0 unspecified atom stereocenters. The van der Waals surface area contributed by atoms with E-state index in [1.165, 1.54) is 19.3 Å². The second-order valence-electron chi connectivity index (χ2n) is 4.16. The van der Waals surface area contributed by atoms with E-state index in [-0.39, 0.29) is 5.56 Å². The molecule has 0 spiro atoms. The quantitative estimate of drug-likeness (QED) is 0.882. The Balaban J connectivity index is 2.22. The molecule has 86 valence electrons. The van der Waals surface area contributed by atoms with Crippen molar-refractivity contribution >= 4 is 23.3 Å². The zero-order valence-electron chi connectivity index (χ0n) is 9.11. The molecule has 0 radical (unpaired) electrons. The van der Waals surface area contributed by atoms with E-state index in [2.05, 4.69) is 4.90 Å². The zero-order chi connectivity index (χ0) is 11.7. The smallest absolute Gasteiger partial charge is 0.337 e. The lowest BCUT2D eigenvalue weighted by Gasteiger charge is -2.36. The van der Waals surface area contributed by atoms with E-state index in [0.29, 0.717) is 11.1 Å². The summed E-state index contributed by atoms with van der Waals surface area (Å²) in [6, 6.07) is 5.68. The summed E-state index contributed by atoms with van der Waals surface area (Å²) in [5.41, 5.74) is 1.15. The van der Waals surface area contributed by atoms with Crippen molar-refractivity contribution in [1.82, 2.24) is 0 Å². The van der Waals surface area contributed by atoms with Gasteiger partial charge in [0.15, 0.2) is 0 Å². The molecule has 1 aliphatic carbocycles. The molecule has 16 heavy (non-hydrogen) atoms. The molecular formula is C12H14ClNO2. The highest BCUT2D eigenvalue weighted by molar-refractivity contribution is 6.33. The molecule has 1 aliphatic rings. The maximum atomic E-state index is 10.8. The number of carboxylic acids is 1. The monoisotopic (exact) mass is 239 g/mol. The summed E-state index contributed by atoms with van der Waals surface area (Å²) in [4.78, 5) is 13.0. The molecule has 1 aromatic rings. The maximum Gasteiger partial charge on any atom is 0.337 e. The van der Waals surface area contributed by atoms with Crippen LogP contribution in [0.5, 0.6) is 0 Å². The second kappa shape index (κ2) is 4.34. The Morgan fingerprint density at radius 3 is 2.62 bits per heavy atom. The number of carboxylic acid groups (broad SMARTS) is 1. The summed E-state index contributed by atoms with van der Waals surface area (Å²) in [7, 11) is 2.02. The average Bonchev–Trinajstić information content (AvgIpc) is 2.14. The Bertz CT molecular complexity index is 415. The van der Waals surface area contributed by atoms with Crippen molar-refractivity contribution in [1.29, 1.82) is 0 Å². The van der Waals surface area contributed by atoms with Crippen molar-refractivity contribution in [3.8, 4) is 0 Å². The Morgan fingerprint density at radius 1 is 1.50 bits per heavy atom. The third kappa shape index (κ3) is 2.00. The number of aromatic carboxylic acids is 1. The third-order valence-electron chi connectivity index (χ3n) is 3.21. The molecule has 2 rings (SSSR count). The van der Waals surface area contributed by atoms with E-state index in [0.717, 1.165) is 5.69 Å². The van der Waals surface area contributed by atoms with Crippen LogP contribution in [-0.4, -0.2) is 24.2 Å². The van der Waals surface area contributed by atoms with Crippen molar-refractivity contribution in [2.45, 2.75) is 25.3 Å². The maximum absolute atomic E-state index is 10.8. The van der Waals surface area contributed by atoms with Gasteiger partial charge in [0.05, 0.1) is 10.6 Å². The van der Waals surface area contributed by atoms with Crippen molar-refractivity contribution in [2.75, 3.05) is 11.9 Å². The van der Waals surface area contributed by atoms with Gasteiger partial charge in [-0.15, -0.1) is 0 Å². The van der Waals surface area contributed by atoms with E-state index in [1.807, 2.05) is 13.1 Å². The Morgan fingerprint density at radius 2 is 2.19 bits per heavy atom. The van der Waals surface area contributed by atoms with Gasteiger partial charge in [-0.3, -0.25) is 0 Å². The average molecular weight is 240 g/mol. The predicted octanol–water partition coefficient (Wildman–Crippen LogP) is 3.03. The first-order valence-electron chi connectivity index (χ1n) is 5.35. The highest BCUT2D eigenvalue weighted by Crippen LogP contribution is 2.30. The summed E-state index contributed by atoms with van der Waals surface area (Å²) in [5, 5.41) is 9.17. The number of halogens is 1. The fourth-order valence-corrected chi connectivity index (χ4v) is 2.14. The molecule has 1 aromatic carbocycles. The first-order chi connectivity index (χ1) is 7.59. The first-order valence-corrected chi connectivity index (χ1v) is 5.73. The molecule has 1 fully saturated rings. The fourth-order valence-electron chi connectivity index (χ4n) is 1.88. The molecule has 0 amide bonds. The summed E-state index contributed by atoms with van der Waals surface area (Å²) < 4.78 is 0. The highest BCUT2D eigenvalue weighted by Gasteiger charge is 2.22. The van der Waals surface area contributed by atoms with E-state index >= 15 is 0 Å². The Kier molecular flexibility index (Phi) is 3.06. The number of benzene rings is 1. The van der Waals surface area contributed by atoms with Crippen LogP contribution in [0.3, 0.4) is 0 Å². The van der Waals surface area contributed by atoms with Crippen molar-refractivity contribution in [3.63, 3.8) is 0 Å². The van der Waals surface area contributed by atoms with Crippen LogP contribution in [0.4, 0.5) is 5.69 Å². The molecule has 3 nitrogen and oxygen atoms in total. The Hall–Kier alpha value is -1.22. The lowest BCUT2D eigenvalue weighted by molar-refractivity contribution is 0.0697. The number of rotatable bonds is 3. The minimum atomic E-state index is -0.983. The van der Waals surface area contributed by atoms with Crippen LogP contribution in [0, 0.1) is 0 Å². The molecule has 0 aromatic heterocycles. The summed E-state index contributed by atoms with van der Waals surface area (Å²) in [5.74, 6) is -0.983. The largest absolute Gasteiger partial charge is 0.478 e. The molecule has 0 bridgehead atoms. The molecular weight excluding hydrogens is 226 g/mol. The van der Waals surface area contributed by atoms with Crippen LogP contribution in [0.2, 0.25) is 5.02 Å². The number of carbonyl (C=O) groups is 1. The van der Waals surface area contributed by atoms with Gasteiger partial charge in [0.2, 0.25) is 0 Å². The molecule has 1 saturated carbocycles. The minimum Gasteiger partial charge on any atom is -0.478 e. The van der Waals surface area contributed by atoms with Gasteiger partial charge in [0.25, 0.3) is 0 Å². The summed E-state index contributed by atoms with van der Waals surface area (Å²) in [6.45, 7) is 0. The van der Waals surface area contributed by atoms with Gasteiger partial charge in [-0.25, -0.2) is 4.79 Å². The van der Waals surface area contributed by atoms with Gasteiger partial charge in [0.1, 0.15) is 0 Å². The molecule has 0 heterocycles. The van der Waals surface area contributed by atoms with Crippen LogP contribution in [-0.2, 0) is 0 Å². The number of nitrogens with zero attached hydrogens (tertiary/aromatic N) is 1. The zero-order valence-corrected chi connectivity index (χ0v) is 9.87. The number of hydrogen-bond donors (Lipinski definition) is 1. The van der Waals surface area contributed by atoms with Crippen LogP contribution < -0.4 is 4.90 Å². The summed E-state index contributed by atoms with van der Waals surface area (Å²) >= 11 is 5.93. The molecule has 0 aliphatic heterocycles. The molecule has 0 saturated heterocycles. The molecule has 0 atom stereocenters. The topological polar surface area (TPSA) is 40.5 Å². The van der Waals surface area contributed by atoms with E-state index in [9.17, 15) is 4.79 Å². The van der Waals surface area contributed by atoms with Crippen molar-refractivity contribution in [2.24, 2.45) is 0 Å². The summed E-state index contributed by atoms with van der Waals surface area (Å²) in [6.07, 6.45) is 3.68. The Labute approximate surface area is 99.6 Å². The van der Waals surface area contributed by atoms with Crippen LogP contribution >= 0.6 is 11.6 Å². The standard InChI is InChI=1S/C12H14ClNO2/c1-14(8-3-2-4-8)9-5-6-10(12(15)16)11(13)7-9/h5-8H,2-4H2,1H3,(H,15,16). The fraction of sp³-hybridized carbons (Fsp3) is 0.417. The predicted molar refractivity (Wildman–Crippen MR) is 64.5 cm³/mol. The van der Waals surface area contributed by atoms with E-state index < -0.39 is 5.97 Å². The van der Waals surface area contributed by atoms with Crippen LogP contribution in [0.25, 0.3) is 0 Å². The highest BCUT2D eigenvalue weighted by atomic mass is 35.5. The SMILES string of the molecule is CN(c1ccc(C(=O)O)c(Cl)c1)C1CCC1. The third-order valence-corrected chi connectivity index (χ3v) is 3.53. The van der Waals surface area contributed by atoms with Gasteiger partial charge >= 0.3 is 5.97 Å². The van der Waals surface area contributed by atoms with E-state index in [1.54, 1.807) is 12.1 Å². The first kappa shape index (κ1) is 11.3. The lowest BCUT2D eigenvalue weighted by Crippen LogP contribution is -2.37. The molecule has 1 N–H and O–H groups in total. The minimum absolute atomic E-state index is 0.160. The normalized spacial score (nSPS) is 15.6. The molecule has 4 heteroatoms. The van der Waals surface area contributed by atoms with Gasteiger partial charge in [-0.05, 0) is 37.5 Å². The number of anilines is 1.